The fourth-order valence-corrected chi connectivity index (χ4v) is 0.914. The van der Waals surface area contributed by atoms with Gasteiger partial charge in [0, 0.05) is 13.0 Å². The first kappa shape index (κ1) is 11.9. The Balaban J connectivity index is 3.42. The molecule has 5 heteroatoms. The van der Waals surface area contributed by atoms with Crippen LogP contribution in [0, 0.1) is 5.92 Å². The molecule has 0 rings (SSSR count). The first-order valence-electron chi connectivity index (χ1n) is 4.15. The summed E-state index contributed by atoms with van der Waals surface area (Å²) >= 11 is 0. The maximum absolute atomic E-state index is 10.5. The average Bonchev–Trinajstić information content (AvgIpc) is 2.02. The standard InChI is InChI=1S/C8H15NO4/c1-6(4-8(12)13)2-3-9-7(11)5-10/h6,10H,2-5H2,1H3,(H,9,11)(H,12,13). The lowest BCUT2D eigenvalue weighted by Crippen LogP contribution is -2.28. The summed E-state index contributed by atoms with van der Waals surface area (Å²) in [6, 6.07) is 0. The molecule has 0 bridgehead atoms. The molecular weight excluding hydrogens is 174 g/mol. The Morgan fingerprint density at radius 3 is 2.54 bits per heavy atom. The number of rotatable bonds is 6. The van der Waals surface area contributed by atoms with Crippen LogP contribution in [0.15, 0.2) is 0 Å². The molecule has 1 atom stereocenters. The van der Waals surface area contributed by atoms with Crippen LogP contribution in [0.4, 0.5) is 0 Å². The molecule has 0 aliphatic carbocycles. The van der Waals surface area contributed by atoms with Gasteiger partial charge in [0.2, 0.25) is 5.91 Å². The zero-order valence-electron chi connectivity index (χ0n) is 7.62. The van der Waals surface area contributed by atoms with Crippen LogP contribution in [0.25, 0.3) is 0 Å². The second-order valence-electron chi connectivity index (χ2n) is 3.00. The van der Waals surface area contributed by atoms with Crippen molar-refractivity contribution in [3.05, 3.63) is 0 Å². The van der Waals surface area contributed by atoms with Gasteiger partial charge in [-0.2, -0.15) is 0 Å². The summed E-state index contributed by atoms with van der Waals surface area (Å²) in [5.41, 5.74) is 0. The average molecular weight is 189 g/mol. The fraction of sp³-hybridized carbons (Fsp3) is 0.750. The summed E-state index contributed by atoms with van der Waals surface area (Å²) in [6.07, 6.45) is 0.715. The van der Waals surface area contributed by atoms with Gasteiger partial charge in [-0.3, -0.25) is 9.59 Å². The molecule has 0 heterocycles. The van der Waals surface area contributed by atoms with Gasteiger partial charge < -0.3 is 15.5 Å². The molecule has 0 aromatic heterocycles. The van der Waals surface area contributed by atoms with Crippen LogP contribution in [0.3, 0.4) is 0 Å². The van der Waals surface area contributed by atoms with Crippen molar-refractivity contribution in [2.75, 3.05) is 13.2 Å². The molecule has 0 aliphatic rings. The summed E-state index contributed by atoms with van der Waals surface area (Å²) in [5.74, 6) is -1.22. The Kier molecular flexibility index (Phi) is 5.88. The van der Waals surface area contributed by atoms with Crippen LogP contribution in [-0.4, -0.2) is 35.2 Å². The summed E-state index contributed by atoms with van der Waals surface area (Å²) in [5, 5.41) is 19.2. The van der Waals surface area contributed by atoms with Gasteiger partial charge in [0.1, 0.15) is 6.61 Å². The Morgan fingerprint density at radius 1 is 1.46 bits per heavy atom. The summed E-state index contributed by atoms with van der Waals surface area (Å²) < 4.78 is 0. The third-order valence-electron chi connectivity index (χ3n) is 1.63. The topological polar surface area (TPSA) is 86.6 Å². The maximum Gasteiger partial charge on any atom is 0.303 e. The van der Waals surface area contributed by atoms with Crippen molar-refractivity contribution in [3.63, 3.8) is 0 Å². The van der Waals surface area contributed by atoms with Gasteiger partial charge in [-0.25, -0.2) is 0 Å². The second kappa shape index (κ2) is 6.42. The molecule has 1 unspecified atom stereocenters. The minimum Gasteiger partial charge on any atom is -0.481 e. The van der Waals surface area contributed by atoms with E-state index in [0.717, 1.165) is 0 Å². The highest BCUT2D eigenvalue weighted by molar-refractivity contribution is 5.76. The monoisotopic (exact) mass is 189 g/mol. The van der Waals surface area contributed by atoms with Crippen molar-refractivity contribution in [2.24, 2.45) is 5.92 Å². The van der Waals surface area contributed by atoms with Crippen LogP contribution >= 0.6 is 0 Å². The molecule has 0 radical (unpaired) electrons. The van der Waals surface area contributed by atoms with Crippen molar-refractivity contribution in [1.82, 2.24) is 5.32 Å². The lowest BCUT2D eigenvalue weighted by molar-refractivity contribution is -0.138. The molecular formula is C8H15NO4. The maximum atomic E-state index is 10.5. The molecule has 0 aliphatic heterocycles. The number of hydrogen-bond acceptors (Lipinski definition) is 3. The molecule has 0 saturated heterocycles. The lowest BCUT2D eigenvalue weighted by Gasteiger charge is -2.08. The van der Waals surface area contributed by atoms with Gasteiger partial charge in [-0.05, 0) is 12.3 Å². The second-order valence-corrected chi connectivity index (χ2v) is 3.00. The highest BCUT2D eigenvalue weighted by Crippen LogP contribution is 2.05. The van der Waals surface area contributed by atoms with Gasteiger partial charge in [0.15, 0.2) is 0 Å². The van der Waals surface area contributed by atoms with E-state index in [1.165, 1.54) is 0 Å². The van der Waals surface area contributed by atoms with Crippen molar-refractivity contribution in [3.8, 4) is 0 Å². The quantitative estimate of drug-likeness (QED) is 0.530. The van der Waals surface area contributed by atoms with E-state index in [-0.39, 0.29) is 12.3 Å². The summed E-state index contributed by atoms with van der Waals surface area (Å²) in [7, 11) is 0. The number of nitrogens with one attached hydrogen (secondary N) is 1. The highest BCUT2D eigenvalue weighted by Gasteiger charge is 2.07. The van der Waals surface area contributed by atoms with Gasteiger partial charge in [0.25, 0.3) is 0 Å². The van der Waals surface area contributed by atoms with E-state index in [0.29, 0.717) is 13.0 Å². The molecule has 3 N–H and O–H groups in total. The molecule has 13 heavy (non-hydrogen) atoms. The molecule has 0 aromatic carbocycles. The van der Waals surface area contributed by atoms with Crippen LogP contribution in [0.5, 0.6) is 0 Å². The van der Waals surface area contributed by atoms with Crippen molar-refractivity contribution in [1.29, 1.82) is 0 Å². The Labute approximate surface area is 76.8 Å². The number of carboxylic acids is 1. The van der Waals surface area contributed by atoms with E-state index in [4.69, 9.17) is 10.2 Å². The molecule has 0 spiro atoms. The van der Waals surface area contributed by atoms with E-state index < -0.39 is 18.5 Å². The highest BCUT2D eigenvalue weighted by atomic mass is 16.4. The van der Waals surface area contributed by atoms with Crippen LogP contribution in [0.1, 0.15) is 19.8 Å². The number of amides is 1. The van der Waals surface area contributed by atoms with Gasteiger partial charge in [0.05, 0.1) is 0 Å². The van der Waals surface area contributed by atoms with Gasteiger partial charge in [-0.1, -0.05) is 6.92 Å². The third kappa shape index (κ3) is 7.27. The first-order chi connectivity index (χ1) is 6.06. The molecule has 0 fully saturated rings. The SMILES string of the molecule is CC(CCNC(=O)CO)CC(=O)O. The minimum absolute atomic E-state index is 0.0384. The smallest absolute Gasteiger partial charge is 0.303 e. The minimum atomic E-state index is -0.832. The molecule has 1 amide bonds. The fourth-order valence-electron chi connectivity index (χ4n) is 0.914. The Morgan fingerprint density at radius 2 is 2.08 bits per heavy atom. The summed E-state index contributed by atoms with van der Waals surface area (Å²) in [6.45, 7) is 1.69. The van der Waals surface area contributed by atoms with Gasteiger partial charge in [-0.15, -0.1) is 0 Å². The third-order valence-corrected chi connectivity index (χ3v) is 1.63. The number of carbonyl (C=O) groups is 2. The molecule has 5 nitrogen and oxygen atoms in total. The number of hydrogen-bond donors (Lipinski definition) is 3. The molecule has 76 valence electrons. The van der Waals surface area contributed by atoms with Crippen LogP contribution in [0.2, 0.25) is 0 Å². The number of carbonyl (C=O) groups excluding carboxylic acids is 1. The summed E-state index contributed by atoms with van der Waals surface area (Å²) in [4.78, 5) is 20.8. The zero-order valence-corrected chi connectivity index (χ0v) is 7.62. The Bertz CT molecular complexity index is 181. The van der Waals surface area contributed by atoms with Crippen molar-refractivity contribution < 1.29 is 19.8 Å². The predicted octanol–water partition coefficient (Wildman–Crippen LogP) is -0.404. The van der Waals surface area contributed by atoms with E-state index >= 15 is 0 Å². The molecule has 0 saturated carbocycles. The molecule has 0 aromatic rings. The predicted molar refractivity (Wildman–Crippen MR) is 46.1 cm³/mol. The van der Waals surface area contributed by atoms with Crippen molar-refractivity contribution >= 4 is 11.9 Å². The lowest BCUT2D eigenvalue weighted by atomic mass is 10.0. The van der Waals surface area contributed by atoms with E-state index in [9.17, 15) is 9.59 Å². The van der Waals surface area contributed by atoms with Crippen molar-refractivity contribution in [2.45, 2.75) is 19.8 Å². The van der Waals surface area contributed by atoms with Crippen LogP contribution < -0.4 is 5.32 Å². The van der Waals surface area contributed by atoms with E-state index in [1.807, 2.05) is 0 Å². The van der Waals surface area contributed by atoms with Crippen LogP contribution in [-0.2, 0) is 9.59 Å². The number of carboxylic acid groups (broad SMARTS) is 1. The number of aliphatic hydroxyl groups is 1. The largest absolute Gasteiger partial charge is 0.481 e. The Hall–Kier alpha value is -1.10. The van der Waals surface area contributed by atoms with Gasteiger partial charge >= 0.3 is 5.97 Å². The first-order valence-corrected chi connectivity index (χ1v) is 4.15. The zero-order chi connectivity index (χ0) is 10.3. The number of aliphatic hydroxyl groups excluding tert-OH is 1. The van der Waals surface area contributed by atoms with E-state index in [1.54, 1.807) is 6.92 Å². The van der Waals surface area contributed by atoms with E-state index in [2.05, 4.69) is 5.32 Å². The normalized spacial score (nSPS) is 12.2. The number of aliphatic carboxylic acids is 1.